The molecule has 24 heavy (non-hydrogen) atoms. The van der Waals surface area contributed by atoms with E-state index in [1.54, 1.807) is 0 Å². The van der Waals surface area contributed by atoms with Gasteiger partial charge in [-0.2, -0.15) is 5.10 Å². The molecule has 0 unspecified atom stereocenters. The third-order valence-electron chi connectivity index (χ3n) is 4.31. The van der Waals surface area contributed by atoms with Crippen LogP contribution in [0.2, 0.25) is 0 Å². The van der Waals surface area contributed by atoms with Crippen LogP contribution in [0.3, 0.4) is 0 Å². The number of hydrogen-bond donors (Lipinski definition) is 3. The highest BCUT2D eigenvalue weighted by molar-refractivity contribution is 5.92. The predicted octanol–water partition coefficient (Wildman–Crippen LogP) is 1.25. The normalized spacial score (nSPS) is 16.3. The Morgan fingerprint density at radius 3 is 2.67 bits per heavy atom. The van der Waals surface area contributed by atoms with Gasteiger partial charge in [-0.05, 0) is 31.2 Å². The van der Waals surface area contributed by atoms with E-state index in [0.29, 0.717) is 18.2 Å². The zero-order valence-electron chi connectivity index (χ0n) is 14.9. The van der Waals surface area contributed by atoms with Crippen LogP contribution in [0.5, 0.6) is 0 Å². The van der Waals surface area contributed by atoms with Crippen LogP contribution in [0.4, 0.5) is 0 Å². The highest BCUT2D eigenvalue weighted by atomic mass is 16.2. The molecule has 1 aromatic heterocycles. The van der Waals surface area contributed by atoms with Crippen molar-refractivity contribution in [3.05, 3.63) is 17.5 Å². The lowest BCUT2D eigenvalue weighted by atomic mass is 10.0. The molecule has 1 aromatic rings. The first kappa shape index (κ1) is 18.4. The summed E-state index contributed by atoms with van der Waals surface area (Å²) in [5.74, 6) is 0.274. The van der Waals surface area contributed by atoms with Crippen molar-refractivity contribution in [2.24, 2.45) is 0 Å². The van der Waals surface area contributed by atoms with Crippen LogP contribution in [0.15, 0.2) is 6.07 Å². The number of aromatic nitrogens is 2. The molecule has 134 valence electrons. The molecule has 1 aliphatic rings. The molecule has 7 heteroatoms. The van der Waals surface area contributed by atoms with Gasteiger partial charge in [0.05, 0.1) is 6.54 Å². The second kappa shape index (κ2) is 8.82. The predicted molar refractivity (Wildman–Crippen MR) is 92.9 cm³/mol. The third-order valence-corrected chi connectivity index (χ3v) is 4.31. The first-order valence-corrected chi connectivity index (χ1v) is 8.84. The first-order valence-electron chi connectivity index (χ1n) is 8.84. The summed E-state index contributed by atoms with van der Waals surface area (Å²) in [6, 6.07) is 1.96. The fraction of sp³-hybridized carbons (Fsp3) is 0.706. The van der Waals surface area contributed by atoms with E-state index in [2.05, 4.69) is 39.6 Å². The van der Waals surface area contributed by atoms with E-state index in [4.69, 9.17) is 0 Å². The maximum absolute atomic E-state index is 12.3. The zero-order chi connectivity index (χ0) is 17.5. The van der Waals surface area contributed by atoms with Crippen molar-refractivity contribution >= 4 is 11.8 Å². The molecule has 3 N–H and O–H groups in total. The number of piperidine rings is 1. The van der Waals surface area contributed by atoms with Crippen molar-refractivity contribution in [2.45, 2.75) is 52.0 Å². The smallest absolute Gasteiger partial charge is 0.271 e. The largest absolute Gasteiger partial charge is 0.355 e. The molecule has 0 aromatic carbocycles. The van der Waals surface area contributed by atoms with Crippen LogP contribution < -0.4 is 10.6 Å². The number of amides is 2. The summed E-state index contributed by atoms with van der Waals surface area (Å²) in [5.41, 5.74) is 1.41. The van der Waals surface area contributed by atoms with Gasteiger partial charge in [-0.1, -0.05) is 20.8 Å². The number of carbonyl (C=O) groups excluding carboxylic acids is 2. The van der Waals surface area contributed by atoms with Crippen LogP contribution >= 0.6 is 0 Å². The lowest BCUT2D eigenvalue weighted by Gasteiger charge is -2.31. The molecule has 0 aliphatic carbocycles. The van der Waals surface area contributed by atoms with E-state index in [0.717, 1.165) is 44.6 Å². The molecule has 0 saturated carbocycles. The van der Waals surface area contributed by atoms with Crippen molar-refractivity contribution in [3.63, 3.8) is 0 Å². The number of nitrogens with zero attached hydrogens (tertiary/aromatic N) is 2. The minimum absolute atomic E-state index is 0.0806. The first-order chi connectivity index (χ1) is 11.5. The van der Waals surface area contributed by atoms with Gasteiger partial charge >= 0.3 is 0 Å². The average molecular weight is 335 g/mol. The summed E-state index contributed by atoms with van der Waals surface area (Å²) in [4.78, 5) is 26.1. The van der Waals surface area contributed by atoms with Gasteiger partial charge in [-0.3, -0.25) is 19.6 Å². The number of rotatable bonds is 7. The van der Waals surface area contributed by atoms with Crippen LogP contribution in [0.1, 0.15) is 62.1 Å². The topological polar surface area (TPSA) is 90.1 Å². The average Bonchev–Trinajstić information content (AvgIpc) is 3.05. The molecule has 0 atom stereocenters. The summed E-state index contributed by atoms with van der Waals surface area (Å²) in [7, 11) is 0. The van der Waals surface area contributed by atoms with E-state index >= 15 is 0 Å². The Hall–Kier alpha value is -1.89. The summed E-state index contributed by atoms with van der Waals surface area (Å²) in [6.45, 7) is 8.97. The highest BCUT2D eigenvalue weighted by Crippen LogP contribution is 2.14. The van der Waals surface area contributed by atoms with Crippen LogP contribution in [0.25, 0.3) is 0 Å². The molecular weight excluding hydrogens is 306 g/mol. The molecule has 2 rings (SSSR count). The van der Waals surface area contributed by atoms with Crippen molar-refractivity contribution in [3.8, 4) is 0 Å². The number of H-pyrrole nitrogens is 1. The van der Waals surface area contributed by atoms with Crippen molar-refractivity contribution < 1.29 is 9.59 Å². The quantitative estimate of drug-likeness (QED) is 0.699. The van der Waals surface area contributed by atoms with Gasteiger partial charge in [-0.25, -0.2) is 0 Å². The number of hydrogen-bond acceptors (Lipinski definition) is 4. The van der Waals surface area contributed by atoms with Gasteiger partial charge < -0.3 is 10.6 Å². The maximum atomic E-state index is 12.3. The Morgan fingerprint density at radius 1 is 1.38 bits per heavy atom. The molecule has 0 spiro atoms. The fourth-order valence-corrected chi connectivity index (χ4v) is 2.77. The van der Waals surface area contributed by atoms with Gasteiger partial charge in [0.15, 0.2) is 0 Å². The molecule has 1 fully saturated rings. The van der Waals surface area contributed by atoms with Gasteiger partial charge in [-0.15, -0.1) is 0 Å². The Kier molecular flexibility index (Phi) is 6.78. The van der Waals surface area contributed by atoms with Gasteiger partial charge in [0.1, 0.15) is 5.69 Å². The SMILES string of the molecule is CCCNC(=O)CN1CCC(NC(=O)c2cc(C(C)C)[nH]n2)CC1. The Bertz CT molecular complexity index is 547. The summed E-state index contributed by atoms with van der Waals surface area (Å²) in [5, 5.41) is 12.9. The molecular formula is C17H29N5O2. The Morgan fingerprint density at radius 2 is 2.08 bits per heavy atom. The van der Waals surface area contributed by atoms with E-state index in [1.165, 1.54) is 0 Å². The second-order valence-electron chi connectivity index (χ2n) is 6.74. The number of carbonyl (C=O) groups is 2. The molecule has 1 saturated heterocycles. The Labute approximate surface area is 143 Å². The Balaban J connectivity index is 1.74. The monoisotopic (exact) mass is 335 g/mol. The third kappa shape index (κ3) is 5.33. The summed E-state index contributed by atoms with van der Waals surface area (Å²) in [6.07, 6.45) is 2.66. The number of likely N-dealkylation sites (tertiary alicyclic amines) is 1. The minimum Gasteiger partial charge on any atom is -0.355 e. The zero-order valence-corrected chi connectivity index (χ0v) is 14.9. The highest BCUT2D eigenvalue weighted by Gasteiger charge is 2.23. The number of aromatic amines is 1. The lowest BCUT2D eigenvalue weighted by Crippen LogP contribution is -2.47. The van der Waals surface area contributed by atoms with Crippen molar-refractivity contribution in [2.75, 3.05) is 26.2 Å². The van der Waals surface area contributed by atoms with Crippen molar-refractivity contribution in [1.29, 1.82) is 0 Å². The van der Waals surface area contributed by atoms with Gasteiger partial charge in [0.25, 0.3) is 5.91 Å². The summed E-state index contributed by atoms with van der Waals surface area (Å²) >= 11 is 0. The number of nitrogens with one attached hydrogen (secondary N) is 3. The van der Waals surface area contributed by atoms with E-state index in [1.807, 2.05) is 13.0 Å². The molecule has 2 amide bonds. The molecule has 7 nitrogen and oxygen atoms in total. The van der Waals surface area contributed by atoms with Crippen molar-refractivity contribution in [1.82, 2.24) is 25.7 Å². The van der Waals surface area contributed by atoms with Crippen LogP contribution in [-0.4, -0.2) is 59.1 Å². The standard InChI is InChI=1S/C17H29N5O2/c1-4-7-18-16(23)11-22-8-5-13(6-9-22)19-17(24)15-10-14(12(2)3)20-21-15/h10,12-13H,4-9,11H2,1-3H3,(H,18,23)(H,19,24)(H,20,21). The maximum Gasteiger partial charge on any atom is 0.271 e. The molecule has 2 heterocycles. The molecule has 1 aliphatic heterocycles. The fourth-order valence-electron chi connectivity index (χ4n) is 2.77. The second-order valence-corrected chi connectivity index (χ2v) is 6.74. The van der Waals surface area contributed by atoms with Crippen LogP contribution in [0, 0.1) is 0 Å². The molecule has 0 bridgehead atoms. The van der Waals surface area contributed by atoms with E-state index in [9.17, 15) is 9.59 Å². The molecule has 0 radical (unpaired) electrons. The van der Waals surface area contributed by atoms with Gasteiger partial charge in [0.2, 0.25) is 5.91 Å². The minimum atomic E-state index is -0.128. The van der Waals surface area contributed by atoms with E-state index < -0.39 is 0 Å². The van der Waals surface area contributed by atoms with Crippen LogP contribution in [-0.2, 0) is 4.79 Å². The summed E-state index contributed by atoms with van der Waals surface area (Å²) < 4.78 is 0. The lowest BCUT2D eigenvalue weighted by molar-refractivity contribution is -0.122. The van der Waals surface area contributed by atoms with Gasteiger partial charge in [0, 0.05) is 31.4 Å². The van der Waals surface area contributed by atoms with E-state index in [-0.39, 0.29) is 17.9 Å².